The Morgan fingerprint density at radius 3 is 2.62 bits per heavy atom. The molecule has 0 bridgehead atoms. The van der Waals surface area contributed by atoms with E-state index in [1.54, 1.807) is 10.9 Å². The number of aryl methyl sites for hydroxylation is 2. The summed E-state index contributed by atoms with van der Waals surface area (Å²) in [6.07, 6.45) is 7.13. The summed E-state index contributed by atoms with van der Waals surface area (Å²) >= 11 is 0. The Kier molecular flexibility index (Phi) is 4.83. The van der Waals surface area contributed by atoms with Crippen molar-refractivity contribution < 1.29 is 9.59 Å². The highest BCUT2D eigenvalue weighted by Gasteiger charge is 2.17. The average molecular weight is 328 g/mol. The van der Waals surface area contributed by atoms with Gasteiger partial charge in [-0.05, 0) is 49.9 Å². The molecule has 0 spiro atoms. The minimum absolute atomic E-state index is 0.0804. The summed E-state index contributed by atoms with van der Waals surface area (Å²) in [4.78, 5) is 28.4. The topological polar surface area (TPSA) is 76.0 Å². The summed E-state index contributed by atoms with van der Waals surface area (Å²) in [7, 11) is 0. The molecule has 24 heavy (non-hydrogen) atoms. The Bertz CT molecular complexity index is 760. The lowest BCUT2D eigenvalue weighted by molar-refractivity contribution is -0.120. The molecule has 3 amide bonds. The number of benzene rings is 1. The summed E-state index contributed by atoms with van der Waals surface area (Å²) in [5.74, 6) is -0.333. The number of urea groups is 1. The van der Waals surface area contributed by atoms with Crippen molar-refractivity contribution in [1.82, 2.24) is 20.2 Å². The number of fused-ring (bicyclic) bond motifs is 1. The van der Waals surface area contributed by atoms with E-state index in [9.17, 15) is 9.59 Å². The quantitative estimate of drug-likeness (QED) is 0.909. The summed E-state index contributed by atoms with van der Waals surface area (Å²) in [5, 5.41) is 5.31. The molecule has 6 nitrogen and oxygen atoms in total. The fourth-order valence-electron chi connectivity index (χ4n) is 3.23. The monoisotopic (exact) mass is 328 g/mol. The molecule has 1 aliphatic rings. The number of hydrogen-bond donors (Lipinski definition) is 2. The van der Waals surface area contributed by atoms with Crippen molar-refractivity contribution in [3.63, 3.8) is 0 Å². The maximum atomic E-state index is 12.1. The van der Waals surface area contributed by atoms with Crippen LogP contribution in [-0.2, 0) is 11.3 Å². The van der Waals surface area contributed by atoms with Crippen molar-refractivity contribution in [1.29, 1.82) is 0 Å². The van der Waals surface area contributed by atoms with Gasteiger partial charge >= 0.3 is 6.03 Å². The molecule has 1 fully saturated rings. The van der Waals surface area contributed by atoms with Crippen LogP contribution in [0.15, 0.2) is 18.5 Å². The van der Waals surface area contributed by atoms with Crippen molar-refractivity contribution >= 4 is 23.0 Å². The predicted octanol–water partition coefficient (Wildman–Crippen LogP) is 2.81. The van der Waals surface area contributed by atoms with Crippen LogP contribution in [0.3, 0.4) is 0 Å². The van der Waals surface area contributed by atoms with Crippen LogP contribution in [0.25, 0.3) is 11.0 Å². The van der Waals surface area contributed by atoms with Gasteiger partial charge in [-0.3, -0.25) is 10.1 Å². The Balaban J connectivity index is 1.60. The minimum Gasteiger partial charge on any atom is -0.335 e. The standard InChI is InChI=1S/C18H24N4O2/c1-12-8-15-16(9-13(12)2)22(11-19-15)10-17(23)21-18(24)20-14-6-4-3-5-7-14/h8-9,11,14H,3-7,10H2,1-2H3,(H2,20,21,23,24). The van der Waals surface area contributed by atoms with E-state index in [1.165, 1.54) is 12.0 Å². The normalized spacial score (nSPS) is 15.4. The van der Waals surface area contributed by atoms with Gasteiger partial charge in [0.1, 0.15) is 6.54 Å². The van der Waals surface area contributed by atoms with Gasteiger partial charge in [0.2, 0.25) is 5.91 Å². The zero-order chi connectivity index (χ0) is 17.1. The first-order chi connectivity index (χ1) is 11.5. The van der Waals surface area contributed by atoms with Crippen molar-refractivity contribution in [3.8, 4) is 0 Å². The molecule has 0 saturated heterocycles. The molecule has 1 aromatic heterocycles. The molecule has 2 aromatic rings. The van der Waals surface area contributed by atoms with Crippen LogP contribution < -0.4 is 10.6 Å². The van der Waals surface area contributed by atoms with Gasteiger partial charge in [0.25, 0.3) is 0 Å². The zero-order valence-corrected chi connectivity index (χ0v) is 14.3. The third kappa shape index (κ3) is 3.75. The number of imidazole rings is 1. The molecule has 0 atom stereocenters. The lowest BCUT2D eigenvalue weighted by Gasteiger charge is -2.22. The SMILES string of the molecule is Cc1cc2ncn(CC(=O)NC(=O)NC3CCCCC3)c2cc1C. The molecule has 0 unspecified atom stereocenters. The van der Waals surface area contributed by atoms with E-state index in [2.05, 4.69) is 15.6 Å². The summed E-state index contributed by atoms with van der Waals surface area (Å²) in [6, 6.07) is 3.82. The van der Waals surface area contributed by atoms with Gasteiger partial charge in [0, 0.05) is 6.04 Å². The van der Waals surface area contributed by atoms with Crippen LogP contribution in [0, 0.1) is 13.8 Å². The van der Waals surface area contributed by atoms with E-state index in [4.69, 9.17) is 0 Å². The number of carbonyl (C=O) groups is 2. The molecule has 3 rings (SSSR count). The molecule has 0 aliphatic heterocycles. The molecule has 0 radical (unpaired) electrons. The fraction of sp³-hybridized carbons (Fsp3) is 0.500. The number of nitrogens with zero attached hydrogens (tertiary/aromatic N) is 2. The van der Waals surface area contributed by atoms with Crippen LogP contribution in [0.5, 0.6) is 0 Å². The van der Waals surface area contributed by atoms with Gasteiger partial charge in [-0.1, -0.05) is 19.3 Å². The lowest BCUT2D eigenvalue weighted by atomic mass is 9.96. The van der Waals surface area contributed by atoms with E-state index in [0.717, 1.165) is 42.3 Å². The van der Waals surface area contributed by atoms with E-state index in [-0.39, 0.29) is 18.5 Å². The Labute approximate surface area is 141 Å². The maximum Gasteiger partial charge on any atom is 0.321 e. The smallest absolute Gasteiger partial charge is 0.321 e. The fourth-order valence-corrected chi connectivity index (χ4v) is 3.23. The highest BCUT2D eigenvalue weighted by Crippen LogP contribution is 2.18. The third-order valence-electron chi connectivity index (χ3n) is 4.74. The second-order valence-electron chi connectivity index (χ2n) is 6.65. The number of rotatable bonds is 3. The van der Waals surface area contributed by atoms with Crippen molar-refractivity contribution in [2.45, 2.75) is 58.5 Å². The predicted molar refractivity (Wildman–Crippen MR) is 92.8 cm³/mol. The molecule has 1 heterocycles. The molecule has 128 valence electrons. The number of carbonyl (C=O) groups excluding carboxylic acids is 2. The van der Waals surface area contributed by atoms with Gasteiger partial charge in [0.05, 0.1) is 17.4 Å². The first-order valence-electron chi connectivity index (χ1n) is 8.55. The molecule has 1 aliphatic carbocycles. The third-order valence-corrected chi connectivity index (χ3v) is 4.74. The molecule has 1 saturated carbocycles. The van der Waals surface area contributed by atoms with E-state index < -0.39 is 6.03 Å². The Morgan fingerprint density at radius 2 is 1.88 bits per heavy atom. The largest absolute Gasteiger partial charge is 0.335 e. The van der Waals surface area contributed by atoms with E-state index in [1.807, 2.05) is 26.0 Å². The number of hydrogen-bond acceptors (Lipinski definition) is 3. The average Bonchev–Trinajstić information content (AvgIpc) is 2.90. The number of nitrogens with one attached hydrogen (secondary N) is 2. The van der Waals surface area contributed by atoms with Crippen LogP contribution in [-0.4, -0.2) is 27.5 Å². The number of aromatic nitrogens is 2. The van der Waals surface area contributed by atoms with Gasteiger partial charge in [0.15, 0.2) is 0 Å². The van der Waals surface area contributed by atoms with Gasteiger partial charge in [-0.2, -0.15) is 0 Å². The minimum atomic E-state index is -0.400. The summed E-state index contributed by atoms with van der Waals surface area (Å²) in [6.45, 7) is 4.15. The molecule has 1 aromatic carbocycles. The number of amides is 3. The first kappa shape index (κ1) is 16.5. The highest BCUT2D eigenvalue weighted by atomic mass is 16.2. The summed E-state index contributed by atoms with van der Waals surface area (Å²) in [5.41, 5.74) is 4.09. The molecule has 2 N–H and O–H groups in total. The van der Waals surface area contributed by atoms with Gasteiger partial charge in [-0.15, -0.1) is 0 Å². The Hall–Kier alpha value is -2.37. The van der Waals surface area contributed by atoms with Crippen LogP contribution in [0.4, 0.5) is 4.79 Å². The van der Waals surface area contributed by atoms with Crippen LogP contribution >= 0.6 is 0 Å². The molecule has 6 heteroatoms. The second-order valence-corrected chi connectivity index (χ2v) is 6.65. The zero-order valence-electron chi connectivity index (χ0n) is 14.3. The number of imide groups is 1. The van der Waals surface area contributed by atoms with Crippen molar-refractivity contribution in [3.05, 3.63) is 29.6 Å². The van der Waals surface area contributed by atoms with Crippen LogP contribution in [0.1, 0.15) is 43.2 Å². The second kappa shape index (κ2) is 7.03. The molecular weight excluding hydrogens is 304 g/mol. The first-order valence-corrected chi connectivity index (χ1v) is 8.55. The van der Waals surface area contributed by atoms with Gasteiger partial charge in [-0.25, -0.2) is 9.78 Å². The van der Waals surface area contributed by atoms with E-state index in [0.29, 0.717) is 0 Å². The van der Waals surface area contributed by atoms with E-state index >= 15 is 0 Å². The van der Waals surface area contributed by atoms with Crippen LogP contribution in [0.2, 0.25) is 0 Å². The van der Waals surface area contributed by atoms with Gasteiger partial charge < -0.3 is 9.88 Å². The summed E-state index contributed by atoms with van der Waals surface area (Å²) < 4.78 is 1.77. The highest BCUT2D eigenvalue weighted by molar-refractivity contribution is 5.94. The lowest BCUT2D eigenvalue weighted by Crippen LogP contribution is -2.46. The van der Waals surface area contributed by atoms with Crippen molar-refractivity contribution in [2.75, 3.05) is 0 Å². The van der Waals surface area contributed by atoms with Crippen molar-refractivity contribution in [2.24, 2.45) is 0 Å². The Morgan fingerprint density at radius 1 is 1.17 bits per heavy atom. The molecular formula is C18H24N4O2. The maximum absolute atomic E-state index is 12.1.